The van der Waals surface area contributed by atoms with Crippen molar-refractivity contribution in [3.8, 4) is 0 Å². The minimum atomic E-state index is 0.582. The van der Waals surface area contributed by atoms with E-state index in [9.17, 15) is 0 Å². The highest BCUT2D eigenvalue weighted by Crippen LogP contribution is 2.19. The van der Waals surface area contributed by atoms with Gasteiger partial charge in [-0.15, -0.1) is 0 Å². The standard InChI is InChI=1S/C13H25ClN4/c1-6-18-12(13(14)11(4)16-18)9-15-7-8-17(5)10(2)3/h10,15H,6-9H2,1-5H3. The zero-order chi connectivity index (χ0) is 13.7. The van der Waals surface area contributed by atoms with E-state index in [-0.39, 0.29) is 0 Å². The van der Waals surface area contributed by atoms with E-state index in [2.05, 4.69) is 43.1 Å². The molecule has 1 aromatic rings. The molecule has 0 amide bonds. The first-order valence-electron chi connectivity index (χ1n) is 6.60. The minimum absolute atomic E-state index is 0.582. The summed E-state index contributed by atoms with van der Waals surface area (Å²) in [4.78, 5) is 2.32. The van der Waals surface area contributed by atoms with Crippen LogP contribution in [0.3, 0.4) is 0 Å². The summed E-state index contributed by atoms with van der Waals surface area (Å²) in [5, 5.41) is 8.63. The zero-order valence-corrected chi connectivity index (χ0v) is 12.9. The van der Waals surface area contributed by atoms with Crippen LogP contribution in [0, 0.1) is 6.92 Å². The van der Waals surface area contributed by atoms with Crippen molar-refractivity contribution in [2.75, 3.05) is 20.1 Å². The summed E-state index contributed by atoms with van der Waals surface area (Å²) in [6, 6.07) is 0.582. The highest BCUT2D eigenvalue weighted by Gasteiger charge is 2.11. The Labute approximate surface area is 115 Å². The summed E-state index contributed by atoms with van der Waals surface area (Å²) in [6.07, 6.45) is 0. The summed E-state index contributed by atoms with van der Waals surface area (Å²) in [5.74, 6) is 0. The van der Waals surface area contributed by atoms with E-state index in [1.54, 1.807) is 0 Å². The highest BCUT2D eigenvalue weighted by atomic mass is 35.5. The first kappa shape index (κ1) is 15.5. The summed E-state index contributed by atoms with van der Waals surface area (Å²) >= 11 is 6.25. The van der Waals surface area contributed by atoms with Crippen LogP contribution in [0.25, 0.3) is 0 Å². The Morgan fingerprint density at radius 1 is 1.44 bits per heavy atom. The molecule has 0 saturated carbocycles. The van der Waals surface area contributed by atoms with Gasteiger partial charge in [0.15, 0.2) is 0 Å². The minimum Gasteiger partial charge on any atom is -0.310 e. The van der Waals surface area contributed by atoms with Gasteiger partial charge in [0.1, 0.15) is 0 Å². The van der Waals surface area contributed by atoms with Crippen LogP contribution in [0.1, 0.15) is 32.2 Å². The van der Waals surface area contributed by atoms with Crippen molar-refractivity contribution in [3.05, 3.63) is 16.4 Å². The summed E-state index contributed by atoms with van der Waals surface area (Å²) in [6.45, 7) is 12.1. The van der Waals surface area contributed by atoms with Gasteiger partial charge >= 0.3 is 0 Å². The molecule has 0 saturated heterocycles. The van der Waals surface area contributed by atoms with E-state index in [0.29, 0.717) is 6.04 Å². The number of halogens is 1. The van der Waals surface area contributed by atoms with Crippen LogP contribution in [0.5, 0.6) is 0 Å². The summed E-state index contributed by atoms with van der Waals surface area (Å²) in [5.41, 5.74) is 2.00. The van der Waals surface area contributed by atoms with Crippen molar-refractivity contribution < 1.29 is 0 Å². The predicted octanol–water partition coefficient (Wildman–Crippen LogP) is 2.29. The summed E-state index contributed by atoms with van der Waals surface area (Å²) in [7, 11) is 2.14. The van der Waals surface area contributed by atoms with Crippen molar-refractivity contribution >= 4 is 11.6 Å². The molecule has 0 fully saturated rings. The molecule has 1 aromatic heterocycles. The fourth-order valence-electron chi connectivity index (χ4n) is 1.76. The third kappa shape index (κ3) is 3.97. The first-order valence-corrected chi connectivity index (χ1v) is 6.97. The molecular weight excluding hydrogens is 248 g/mol. The Kier molecular flexibility index (Phi) is 6.12. The second kappa shape index (κ2) is 7.12. The third-order valence-electron chi connectivity index (χ3n) is 3.27. The highest BCUT2D eigenvalue weighted by molar-refractivity contribution is 6.31. The molecule has 1 heterocycles. The topological polar surface area (TPSA) is 33.1 Å². The molecule has 104 valence electrons. The Morgan fingerprint density at radius 2 is 2.11 bits per heavy atom. The Hall–Kier alpha value is -0.580. The molecule has 0 aliphatic rings. The van der Waals surface area contributed by atoms with Crippen LogP contribution >= 0.6 is 11.6 Å². The Bertz CT molecular complexity index is 373. The molecule has 0 radical (unpaired) electrons. The van der Waals surface area contributed by atoms with Gasteiger partial charge in [-0.25, -0.2) is 0 Å². The van der Waals surface area contributed by atoms with Crippen molar-refractivity contribution in [2.45, 2.75) is 46.8 Å². The molecule has 0 atom stereocenters. The lowest BCUT2D eigenvalue weighted by Crippen LogP contribution is -2.33. The maximum atomic E-state index is 6.25. The molecule has 4 nitrogen and oxygen atoms in total. The fraction of sp³-hybridized carbons (Fsp3) is 0.769. The predicted molar refractivity (Wildman–Crippen MR) is 77.1 cm³/mol. The van der Waals surface area contributed by atoms with Gasteiger partial charge in [-0.2, -0.15) is 5.10 Å². The smallest absolute Gasteiger partial charge is 0.0860 e. The average Bonchev–Trinajstić information content (AvgIpc) is 2.61. The van der Waals surface area contributed by atoms with Crippen LogP contribution in [0.15, 0.2) is 0 Å². The Balaban J connectivity index is 2.44. The van der Waals surface area contributed by atoms with E-state index in [0.717, 1.165) is 42.6 Å². The lowest BCUT2D eigenvalue weighted by Gasteiger charge is -2.21. The van der Waals surface area contributed by atoms with Crippen LogP contribution in [0.2, 0.25) is 5.02 Å². The van der Waals surface area contributed by atoms with Gasteiger partial charge in [-0.3, -0.25) is 4.68 Å². The van der Waals surface area contributed by atoms with Gasteiger partial charge in [0.05, 0.1) is 16.4 Å². The number of aryl methyl sites for hydroxylation is 2. The van der Waals surface area contributed by atoms with Gasteiger partial charge < -0.3 is 10.2 Å². The lowest BCUT2D eigenvalue weighted by molar-refractivity contribution is 0.273. The van der Waals surface area contributed by atoms with Crippen LogP contribution in [0.4, 0.5) is 0 Å². The lowest BCUT2D eigenvalue weighted by atomic mass is 10.3. The average molecular weight is 273 g/mol. The Morgan fingerprint density at radius 3 is 2.67 bits per heavy atom. The molecule has 0 spiro atoms. The van der Waals surface area contributed by atoms with Crippen molar-refractivity contribution in [3.63, 3.8) is 0 Å². The molecule has 0 aliphatic heterocycles. The van der Waals surface area contributed by atoms with Crippen LogP contribution in [-0.4, -0.2) is 40.9 Å². The van der Waals surface area contributed by atoms with E-state index in [1.807, 2.05) is 11.6 Å². The van der Waals surface area contributed by atoms with Crippen molar-refractivity contribution in [1.82, 2.24) is 20.0 Å². The van der Waals surface area contributed by atoms with E-state index in [1.165, 1.54) is 0 Å². The monoisotopic (exact) mass is 272 g/mol. The maximum absolute atomic E-state index is 6.25. The van der Waals surface area contributed by atoms with E-state index in [4.69, 9.17) is 11.6 Å². The molecule has 1 N–H and O–H groups in total. The van der Waals surface area contributed by atoms with E-state index >= 15 is 0 Å². The van der Waals surface area contributed by atoms with Gasteiger partial charge in [0.2, 0.25) is 0 Å². The molecule has 18 heavy (non-hydrogen) atoms. The van der Waals surface area contributed by atoms with Crippen LogP contribution in [-0.2, 0) is 13.1 Å². The number of hydrogen-bond donors (Lipinski definition) is 1. The normalized spacial score (nSPS) is 11.8. The van der Waals surface area contributed by atoms with Gasteiger partial charge in [0.25, 0.3) is 0 Å². The van der Waals surface area contributed by atoms with Crippen molar-refractivity contribution in [2.24, 2.45) is 0 Å². The number of rotatable bonds is 7. The zero-order valence-electron chi connectivity index (χ0n) is 12.1. The maximum Gasteiger partial charge on any atom is 0.0860 e. The van der Waals surface area contributed by atoms with Crippen molar-refractivity contribution in [1.29, 1.82) is 0 Å². The molecule has 5 heteroatoms. The molecule has 0 bridgehead atoms. The van der Waals surface area contributed by atoms with E-state index < -0.39 is 0 Å². The molecular formula is C13H25ClN4. The summed E-state index contributed by atoms with van der Waals surface area (Å²) < 4.78 is 1.97. The second-order valence-electron chi connectivity index (χ2n) is 4.91. The van der Waals surface area contributed by atoms with Gasteiger partial charge in [-0.1, -0.05) is 11.6 Å². The number of hydrogen-bond acceptors (Lipinski definition) is 3. The molecule has 1 rings (SSSR count). The largest absolute Gasteiger partial charge is 0.310 e. The quantitative estimate of drug-likeness (QED) is 0.773. The van der Waals surface area contributed by atoms with Gasteiger partial charge in [0, 0.05) is 32.2 Å². The number of nitrogens with one attached hydrogen (secondary N) is 1. The first-order chi connectivity index (χ1) is 8.47. The third-order valence-corrected chi connectivity index (χ3v) is 3.76. The number of nitrogens with zero attached hydrogens (tertiary/aromatic N) is 3. The second-order valence-corrected chi connectivity index (χ2v) is 5.29. The number of likely N-dealkylation sites (N-methyl/N-ethyl adjacent to an activating group) is 1. The molecule has 0 aliphatic carbocycles. The molecule has 0 aromatic carbocycles. The SMILES string of the molecule is CCn1nc(C)c(Cl)c1CNCCN(C)C(C)C. The van der Waals surface area contributed by atoms with Gasteiger partial charge in [-0.05, 0) is 34.7 Å². The molecule has 0 unspecified atom stereocenters. The van der Waals surface area contributed by atoms with Crippen LogP contribution < -0.4 is 5.32 Å². The number of aromatic nitrogens is 2. The fourth-order valence-corrected chi connectivity index (χ4v) is 1.96.